The van der Waals surface area contributed by atoms with Gasteiger partial charge in [0.05, 0.1) is 6.54 Å². The maximum absolute atomic E-state index is 12.7. The van der Waals surface area contributed by atoms with Crippen LogP contribution in [0.25, 0.3) is 0 Å². The third-order valence-electron chi connectivity index (χ3n) is 6.08. The van der Waals surface area contributed by atoms with Crippen LogP contribution in [0.1, 0.15) is 20.8 Å². The van der Waals surface area contributed by atoms with Gasteiger partial charge in [0.2, 0.25) is 5.91 Å². The lowest BCUT2D eigenvalue weighted by Crippen LogP contribution is -2.53. The van der Waals surface area contributed by atoms with Gasteiger partial charge in [-0.1, -0.05) is 25.1 Å². The predicted octanol–water partition coefficient (Wildman–Crippen LogP) is 1.23. The molecule has 2 aliphatic heterocycles. The highest BCUT2D eigenvalue weighted by molar-refractivity contribution is 5.86. The molecule has 0 radical (unpaired) electrons. The van der Waals surface area contributed by atoms with Crippen LogP contribution in [0.15, 0.2) is 35.3 Å². The Kier molecular flexibility index (Phi) is 7.36. The van der Waals surface area contributed by atoms with Crippen molar-refractivity contribution in [1.29, 1.82) is 0 Å². The van der Waals surface area contributed by atoms with E-state index in [1.165, 1.54) is 5.69 Å². The number of carbonyl (C=O) groups is 1. The number of para-hydroxylation sites is 1. The Hall–Kier alpha value is -2.28. The number of likely N-dealkylation sites (tertiary alicyclic amines) is 1. The summed E-state index contributed by atoms with van der Waals surface area (Å²) in [6.45, 7) is 12.4. The van der Waals surface area contributed by atoms with E-state index in [1.807, 2.05) is 11.0 Å². The first-order valence-electron chi connectivity index (χ1n) is 10.8. The summed E-state index contributed by atoms with van der Waals surface area (Å²) in [6, 6.07) is 11.3. The van der Waals surface area contributed by atoms with Crippen molar-refractivity contribution in [1.82, 2.24) is 20.4 Å². The average Bonchev–Trinajstić information content (AvgIpc) is 3.12. The Morgan fingerprint density at radius 3 is 2.41 bits per heavy atom. The molecule has 7 nitrogen and oxygen atoms in total. The maximum atomic E-state index is 12.7. The van der Waals surface area contributed by atoms with Crippen molar-refractivity contribution in [3.63, 3.8) is 0 Å². The molecule has 2 N–H and O–H groups in total. The van der Waals surface area contributed by atoms with Gasteiger partial charge in [-0.3, -0.25) is 14.7 Å². The van der Waals surface area contributed by atoms with Crippen molar-refractivity contribution in [2.45, 2.75) is 32.9 Å². The van der Waals surface area contributed by atoms with Crippen LogP contribution in [0.4, 0.5) is 5.69 Å². The third kappa shape index (κ3) is 5.63. The summed E-state index contributed by atoms with van der Waals surface area (Å²) in [5, 5.41) is 6.72. The van der Waals surface area contributed by atoms with E-state index in [0.29, 0.717) is 24.0 Å². The van der Waals surface area contributed by atoms with Crippen molar-refractivity contribution in [2.75, 3.05) is 57.8 Å². The fourth-order valence-electron chi connectivity index (χ4n) is 4.11. The Morgan fingerprint density at radius 2 is 1.83 bits per heavy atom. The molecule has 2 aliphatic rings. The topological polar surface area (TPSA) is 63.2 Å². The molecule has 1 aromatic rings. The van der Waals surface area contributed by atoms with E-state index in [1.54, 1.807) is 7.05 Å². The summed E-state index contributed by atoms with van der Waals surface area (Å²) in [5.41, 5.74) is 1.23. The van der Waals surface area contributed by atoms with E-state index >= 15 is 0 Å². The average molecular weight is 401 g/mol. The van der Waals surface area contributed by atoms with Crippen molar-refractivity contribution in [2.24, 2.45) is 10.9 Å². The van der Waals surface area contributed by atoms with Gasteiger partial charge in [-0.25, -0.2) is 0 Å². The summed E-state index contributed by atoms with van der Waals surface area (Å²) in [5.74, 6) is 1.39. The number of hydrogen-bond acceptors (Lipinski definition) is 4. The second-order valence-corrected chi connectivity index (χ2v) is 8.40. The third-order valence-corrected chi connectivity index (χ3v) is 6.08. The first-order valence-corrected chi connectivity index (χ1v) is 10.8. The van der Waals surface area contributed by atoms with Gasteiger partial charge < -0.3 is 20.4 Å². The second kappa shape index (κ2) is 9.96. The molecule has 160 valence electrons. The zero-order chi connectivity index (χ0) is 20.8. The molecule has 1 amide bonds. The van der Waals surface area contributed by atoms with Crippen LogP contribution in [-0.2, 0) is 4.79 Å². The summed E-state index contributed by atoms with van der Waals surface area (Å²) >= 11 is 0. The molecule has 2 unspecified atom stereocenters. The van der Waals surface area contributed by atoms with Crippen LogP contribution in [-0.4, -0.2) is 86.6 Å². The van der Waals surface area contributed by atoms with Crippen molar-refractivity contribution >= 4 is 17.6 Å². The van der Waals surface area contributed by atoms with Gasteiger partial charge in [-0.05, 0) is 31.9 Å². The minimum Gasteiger partial charge on any atom is -0.368 e. The van der Waals surface area contributed by atoms with Gasteiger partial charge in [-0.15, -0.1) is 0 Å². The molecule has 2 fully saturated rings. The fourth-order valence-corrected chi connectivity index (χ4v) is 4.11. The van der Waals surface area contributed by atoms with E-state index in [2.05, 4.69) is 70.5 Å². The number of hydrogen-bond donors (Lipinski definition) is 2. The van der Waals surface area contributed by atoms with Gasteiger partial charge in [0.15, 0.2) is 5.96 Å². The molecule has 7 heteroatoms. The van der Waals surface area contributed by atoms with Crippen LogP contribution in [0.5, 0.6) is 0 Å². The quantitative estimate of drug-likeness (QED) is 0.575. The van der Waals surface area contributed by atoms with Crippen LogP contribution in [0.3, 0.4) is 0 Å². The molecule has 2 saturated heterocycles. The highest BCUT2D eigenvalue weighted by Gasteiger charge is 2.31. The van der Waals surface area contributed by atoms with E-state index < -0.39 is 0 Å². The van der Waals surface area contributed by atoms with Crippen LogP contribution >= 0.6 is 0 Å². The number of amides is 1. The molecular weight excluding hydrogens is 364 g/mol. The van der Waals surface area contributed by atoms with Gasteiger partial charge in [-0.2, -0.15) is 0 Å². The maximum Gasteiger partial charge on any atom is 0.242 e. The molecule has 0 spiro atoms. The molecule has 2 heterocycles. The lowest BCUT2D eigenvalue weighted by Gasteiger charge is -2.36. The highest BCUT2D eigenvalue weighted by Crippen LogP contribution is 2.18. The van der Waals surface area contributed by atoms with Gasteiger partial charge in [0, 0.05) is 64.1 Å². The van der Waals surface area contributed by atoms with E-state index in [0.717, 1.165) is 39.3 Å². The van der Waals surface area contributed by atoms with Crippen LogP contribution < -0.4 is 15.5 Å². The summed E-state index contributed by atoms with van der Waals surface area (Å²) in [4.78, 5) is 23.7. The molecule has 29 heavy (non-hydrogen) atoms. The molecule has 0 bridgehead atoms. The molecule has 3 rings (SSSR count). The zero-order valence-corrected chi connectivity index (χ0v) is 18.3. The lowest BCUT2D eigenvalue weighted by molar-refractivity contribution is -0.130. The molecule has 1 aromatic carbocycles. The highest BCUT2D eigenvalue weighted by atomic mass is 16.2. The molecule has 0 aromatic heterocycles. The Bertz CT molecular complexity index is 684. The minimum atomic E-state index is 0.129. The number of anilines is 1. The van der Waals surface area contributed by atoms with Crippen molar-refractivity contribution in [3.05, 3.63) is 30.3 Å². The fraction of sp³-hybridized carbons (Fsp3) is 0.636. The van der Waals surface area contributed by atoms with Gasteiger partial charge in [0.1, 0.15) is 0 Å². The molecule has 2 atom stereocenters. The molecule has 0 saturated carbocycles. The summed E-state index contributed by atoms with van der Waals surface area (Å²) < 4.78 is 0. The number of carbonyl (C=O) groups excluding carboxylic acids is 1. The first-order chi connectivity index (χ1) is 14.0. The minimum absolute atomic E-state index is 0.129. The first kappa shape index (κ1) is 21.4. The summed E-state index contributed by atoms with van der Waals surface area (Å²) in [7, 11) is 1.76. The van der Waals surface area contributed by atoms with Crippen molar-refractivity contribution in [3.8, 4) is 0 Å². The van der Waals surface area contributed by atoms with Crippen LogP contribution in [0, 0.1) is 5.92 Å². The smallest absolute Gasteiger partial charge is 0.242 e. The number of nitrogens with one attached hydrogen (secondary N) is 2. The number of piperazine rings is 1. The second-order valence-electron chi connectivity index (χ2n) is 8.40. The predicted molar refractivity (Wildman–Crippen MR) is 119 cm³/mol. The number of rotatable bonds is 5. The van der Waals surface area contributed by atoms with Crippen molar-refractivity contribution < 1.29 is 4.79 Å². The number of nitrogens with zero attached hydrogens (tertiary/aromatic N) is 4. The van der Waals surface area contributed by atoms with E-state index in [4.69, 9.17) is 0 Å². The van der Waals surface area contributed by atoms with E-state index in [9.17, 15) is 4.79 Å². The van der Waals surface area contributed by atoms with E-state index in [-0.39, 0.29) is 12.5 Å². The zero-order valence-electron chi connectivity index (χ0n) is 18.3. The Balaban J connectivity index is 1.43. The standard InChI is InChI=1S/C22H36N6O/c1-17(2)28-15-18(3)20(16-28)25-22(23-4)24-14-21(29)27-12-10-26(11-13-27)19-8-6-5-7-9-19/h5-9,17-18,20H,10-16H2,1-4H3,(H2,23,24,25). The SMILES string of the molecule is CN=C(NCC(=O)N1CCN(c2ccccc2)CC1)NC1CN(C(C)C)CC1C. The number of guanidine groups is 1. The van der Waals surface area contributed by atoms with Gasteiger partial charge >= 0.3 is 0 Å². The Labute approximate surface area is 175 Å². The normalized spacial score (nSPS) is 23.6. The molecule has 0 aliphatic carbocycles. The molecular formula is C22H36N6O. The number of aliphatic imine (C=N–C) groups is 1. The summed E-state index contributed by atoms with van der Waals surface area (Å²) in [6.07, 6.45) is 0. The Morgan fingerprint density at radius 1 is 1.14 bits per heavy atom. The largest absolute Gasteiger partial charge is 0.368 e. The number of benzene rings is 1. The lowest BCUT2D eigenvalue weighted by atomic mass is 10.1. The van der Waals surface area contributed by atoms with Gasteiger partial charge in [0.25, 0.3) is 0 Å². The van der Waals surface area contributed by atoms with Crippen LogP contribution in [0.2, 0.25) is 0 Å². The monoisotopic (exact) mass is 400 g/mol.